The SMILES string of the molecule is COCCOc1ccc(C2=[C-]CCC(=O)N2CC(F)F)cc1.[Y]. The molecule has 0 fully saturated rings. The van der Waals surface area contributed by atoms with Crippen LogP contribution in [0.4, 0.5) is 8.78 Å². The Morgan fingerprint density at radius 3 is 2.57 bits per heavy atom. The molecule has 0 saturated heterocycles. The molecule has 0 unspecified atom stereocenters. The van der Waals surface area contributed by atoms with Crippen LogP contribution in [0.5, 0.6) is 5.75 Å². The summed E-state index contributed by atoms with van der Waals surface area (Å²) in [6.45, 7) is 0.311. The molecular weight excluding hydrogens is 381 g/mol. The first-order chi connectivity index (χ1) is 10.6. The van der Waals surface area contributed by atoms with E-state index < -0.39 is 13.0 Å². The van der Waals surface area contributed by atoms with Crippen LogP contribution >= 0.6 is 0 Å². The van der Waals surface area contributed by atoms with E-state index in [2.05, 4.69) is 6.08 Å². The van der Waals surface area contributed by atoms with E-state index in [1.165, 1.54) is 0 Å². The molecule has 4 nitrogen and oxygen atoms in total. The van der Waals surface area contributed by atoms with Crippen LogP contribution in [0.25, 0.3) is 5.70 Å². The van der Waals surface area contributed by atoms with Crippen molar-refractivity contribution in [2.75, 3.05) is 26.9 Å². The fourth-order valence-corrected chi connectivity index (χ4v) is 2.18. The van der Waals surface area contributed by atoms with Gasteiger partial charge in [0.25, 0.3) is 6.43 Å². The zero-order valence-electron chi connectivity index (χ0n) is 12.9. The van der Waals surface area contributed by atoms with Gasteiger partial charge in [-0.25, -0.2) is 14.9 Å². The minimum absolute atomic E-state index is 0. The summed E-state index contributed by atoms with van der Waals surface area (Å²) in [5.41, 5.74) is 1.09. The van der Waals surface area contributed by atoms with E-state index in [0.29, 0.717) is 36.6 Å². The molecular formula is C16H18F2NO3Y-. The second-order valence-electron chi connectivity index (χ2n) is 4.79. The molecule has 0 aliphatic carbocycles. The Morgan fingerprint density at radius 1 is 1.26 bits per heavy atom. The van der Waals surface area contributed by atoms with E-state index in [-0.39, 0.29) is 45.0 Å². The van der Waals surface area contributed by atoms with Crippen molar-refractivity contribution in [1.29, 1.82) is 0 Å². The van der Waals surface area contributed by atoms with Gasteiger partial charge in [-0.3, -0.25) is 4.79 Å². The molecule has 123 valence electrons. The van der Waals surface area contributed by atoms with Gasteiger partial charge < -0.3 is 14.4 Å². The van der Waals surface area contributed by atoms with Gasteiger partial charge in [0.2, 0.25) is 5.91 Å². The largest absolute Gasteiger partial charge is 0.491 e. The molecule has 0 saturated carbocycles. The third-order valence-electron chi connectivity index (χ3n) is 3.21. The molecule has 1 aliphatic rings. The summed E-state index contributed by atoms with van der Waals surface area (Å²) in [5.74, 6) is 0.360. The smallest absolute Gasteiger partial charge is 0.256 e. The van der Waals surface area contributed by atoms with Crippen molar-refractivity contribution in [2.24, 2.45) is 0 Å². The number of hydrogen-bond donors (Lipinski definition) is 0. The number of amides is 1. The average Bonchev–Trinajstić information content (AvgIpc) is 2.50. The Bertz CT molecular complexity index is 535. The van der Waals surface area contributed by atoms with Gasteiger partial charge in [-0.1, -0.05) is 0 Å². The number of alkyl halides is 2. The van der Waals surface area contributed by atoms with Gasteiger partial charge in [-0.15, -0.1) is 24.3 Å². The van der Waals surface area contributed by atoms with Crippen LogP contribution in [0.2, 0.25) is 0 Å². The maximum atomic E-state index is 12.7. The van der Waals surface area contributed by atoms with Gasteiger partial charge in [0.1, 0.15) is 12.4 Å². The standard InChI is InChI=1S/C16H18F2NO3.Y/c1-21-9-10-22-13-7-5-12(6-8-13)14-3-2-4-16(20)19(14)11-15(17)18;/h5-8,15H,2,4,9-11H2,1H3;/q-1;. The number of hydrogen-bond acceptors (Lipinski definition) is 3. The molecule has 1 heterocycles. The summed E-state index contributed by atoms with van der Waals surface area (Å²) in [7, 11) is 1.59. The van der Waals surface area contributed by atoms with Crippen molar-refractivity contribution >= 4 is 11.6 Å². The monoisotopic (exact) mass is 399 g/mol. The molecule has 2 rings (SSSR count). The predicted octanol–water partition coefficient (Wildman–Crippen LogP) is 2.74. The third kappa shape index (κ3) is 5.94. The third-order valence-corrected chi connectivity index (χ3v) is 3.21. The maximum absolute atomic E-state index is 12.7. The van der Waals surface area contributed by atoms with Crippen molar-refractivity contribution < 1.29 is 55.8 Å². The van der Waals surface area contributed by atoms with Crippen LogP contribution in [0.1, 0.15) is 18.4 Å². The molecule has 0 spiro atoms. The summed E-state index contributed by atoms with van der Waals surface area (Å²) >= 11 is 0. The van der Waals surface area contributed by atoms with E-state index >= 15 is 0 Å². The number of ether oxygens (including phenoxy) is 2. The molecule has 1 aliphatic heterocycles. The Hall–Kier alpha value is -0.846. The summed E-state index contributed by atoms with van der Waals surface area (Å²) in [5, 5.41) is 0. The van der Waals surface area contributed by atoms with E-state index in [1.54, 1.807) is 31.4 Å². The number of halogens is 2. The molecule has 23 heavy (non-hydrogen) atoms. The fraction of sp³-hybridized carbons (Fsp3) is 0.438. The zero-order chi connectivity index (χ0) is 15.9. The van der Waals surface area contributed by atoms with Crippen LogP contribution in [0.3, 0.4) is 0 Å². The summed E-state index contributed by atoms with van der Waals surface area (Å²) in [6.07, 6.45) is 1.11. The van der Waals surface area contributed by atoms with Gasteiger partial charge >= 0.3 is 0 Å². The minimum atomic E-state index is -2.57. The van der Waals surface area contributed by atoms with Crippen molar-refractivity contribution in [3.63, 3.8) is 0 Å². The average molecular weight is 399 g/mol. The van der Waals surface area contributed by atoms with E-state index in [1.807, 2.05) is 0 Å². The normalized spacial score (nSPS) is 14.5. The van der Waals surface area contributed by atoms with Crippen LogP contribution in [-0.4, -0.2) is 44.1 Å². The number of rotatable bonds is 7. The van der Waals surface area contributed by atoms with Gasteiger partial charge in [0.05, 0.1) is 13.2 Å². The number of carbonyl (C=O) groups is 1. The summed E-state index contributed by atoms with van der Waals surface area (Å²) in [4.78, 5) is 13.0. The second kappa shape index (κ2) is 10.1. The van der Waals surface area contributed by atoms with Crippen LogP contribution in [-0.2, 0) is 42.2 Å². The molecule has 0 N–H and O–H groups in total. The Balaban J connectivity index is 0.00000264. The van der Waals surface area contributed by atoms with Crippen molar-refractivity contribution in [1.82, 2.24) is 4.90 Å². The van der Waals surface area contributed by atoms with Gasteiger partial charge in [-0.2, -0.15) is 5.56 Å². The Labute approximate surface area is 159 Å². The first kappa shape index (κ1) is 20.2. The summed E-state index contributed by atoms with van der Waals surface area (Å²) < 4.78 is 35.6. The number of methoxy groups -OCH3 is 1. The van der Waals surface area contributed by atoms with Gasteiger partial charge in [-0.05, 0) is 12.1 Å². The first-order valence-electron chi connectivity index (χ1n) is 7.03. The number of benzene rings is 1. The van der Waals surface area contributed by atoms with Crippen LogP contribution in [0.15, 0.2) is 24.3 Å². The zero-order valence-corrected chi connectivity index (χ0v) is 15.8. The quantitative estimate of drug-likeness (QED) is 0.523. The topological polar surface area (TPSA) is 38.8 Å². The molecule has 0 aromatic heterocycles. The van der Waals surface area contributed by atoms with Crippen molar-refractivity contribution in [3.8, 4) is 5.75 Å². The van der Waals surface area contributed by atoms with E-state index in [4.69, 9.17) is 9.47 Å². The van der Waals surface area contributed by atoms with Crippen LogP contribution < -0.4 is 4.74 Å². The number of carbonyl (C=O) groups excluding carboxylic acids is 1. The first-order valence-corrected chi connectivity index (χ1v) is 7.03. The number of nitrogens with zero attached hydrogens (tertiary/aromatic N) is 1. The minimum Gasteiger partial charge on any atom is -0.491 e. The van der Waals surface area contributed by atoms with Crippen molar-refractivity contribution in [2.45, 2.75) is 19.3 Å². The molecule has 1 amide bonds. The maximum Gasteiger partial charge on any atom is 0.256 e. The molecule has 1 aromatic rings. The van der Waals surface area contributed by atoms with E-state index in [0.717, 1.165) is 4.90 Å². The van der Waals surface area contributed by atoms with Gasteiger partial charge in [0.15, 0.2) is 0 Å². The summed E-state index contributed by atoms with van der Waals surface area (Å²) in [6, 6.07) is 6.95. The molecule has 0 atom stereocenters. The van der Waals surface area contributed by atoms with E-state index in [9.17, 15) is 13.6 Å². The second-order valence-corrected chi connectivity index (χ2v) is 4.79. The Kier molecular flexibility index (Phi) is 8.88. The molecule has 1 aromatic carbocycles. The van der Waals surface area contributed by atoms with Crippen molar-refractivity contribution in [3.05, 3.63) is 35.9 Å². The van der Waals surface area contributed by atoms with Gasteiger partial charge in [0, 0.05) is 46.2 Å². The fourth-order valence-electron chi connectivity index (χ4n) is 2.18. The van der Waals surface area contributed by atoms with Crippen LogP contribution in [0, 0.1) is 6.08 Å². The number of allylic oxidation sites excluding steroid dienone is 1. The molecule has 0 bridgehead atoms. The predicted molar refractivity (Wildman–Crippen MR) is 77.4 cm³/mol. The molecule has 7 heteroatoms. The Morgan fingerprint density at radius 2 is 1.96 bits per heavy atom. The molecule has 1 radical (unpaired) electrons.